The van der Waals surface area contributed by atoms with Gasteiger partial charge >= 0.3 is 0 Å². The monoisotopic (exact) mass is 258 g/mol. The van der Waals surface area contributed by atoms with Gasteiger partial charge in [-0.2, -0.15) is 0 Å². The topological polar surface area (TPSA) is 38.7 Å². The van der Waals surface area contributed by atoms with Crippen molar-refractivity contribution >= 4 is 0 Å². The molecule has 3 atom stereocenters. The predicted molar refractivity (Wildman–Crippen MR) is 73.6 cm³/mol. The van der Waals surface area contributed by atoms with Crippen molar-refractivity contribution in [3.8, 4) is 0 Å². The van der Waals surface area contributed by atoms with Crippen molar-refractivity contribution in [1.82, 2.24) is 0 Å². The van der Waals surface area contributed by atoms with Crippen molar-refractivity contribution < 1.29 is 14.6 Å². The van der Waals surface area contributed by atoms with Gasteiger partial charge in [-0.15, -0.1) is 0 Å². The highest BCUT2D eigenvalue weighted by Crippen LogP contribution is 2.40. The van der Waals surface area contributed by atoms with E-state index in [-0.39, 0.29) is 6.61 Å². The van der Waals surface area contributed by atoms with Crippen LogP contribution >= 0.6 is 0 Å². The fraction of sp³-hybridized carbons (Fsp3) is 1.00. The maximum Gasteiger partial charge on any atom is 0.0704 e. The predicted octanol–water partition coefficient (Wildman–Crippen LogP) is 2.86. The van der Waals surface area contributed by atoms with E-state index in [4.69, 9.17) is 14.6 Å². The molecule has 18 heavy (non-hydrogen) atoms. The van der Waals surface area contributed by atoms with Gasteiger partial charge in [0.25, 0.3) is 0 Å². The maximum absolute atomic E-state index is 8.61. The van der Waals surface area contributed by atoms with Crippen molar-refractivity contribution in [2.24, 2.45) is 17.3 Å². The van der Waals surface area contributed by atoms with E-state index in [0.717, 1.165) is 5.92 Å². The Balaban J connectivity index is 2.29. The second-order valence-electron chi connectivity index (χ2n) is 6.60. The van der Waals surface area contributed by atoms with E-state index in [9.17, 15) is 0 Å². The SMILES string of the molecule is CC1CCC(C(C)(C)C)CC1OCCOCCO. The van der Waals surface area contributed by atoms with E-state index in [1.165, 1.54) is 19.3 Å². The van der Waals surface area contributed by atoms with Gasteiger partial charge < -0.3 is 14.6 Å². The van der Waals surface area contributed by atoms with E-state index in [0.29, 0.717) is 37.3 Å². The zero-order chi connectivity index (χ0) is 13.6. The van der Waals surface area contributed by atoms with Crippen molar-refractivity contribution in [3.05, 3.63) is 0 Å². The minimum Gasteiger partial charge on any atom is -0.394 e. The summed E-state index contributed by atoms with van der Waals surface area (Å²) in [6.07, 6.45) is 4.14. The standard InChI is InChI=1S/C15H30O3/c1-12-5-6-13(15(2,3)4)11-14(12)18-10-9-17-8-7-16/h12-14,16H,5-11H2,1-4H3. The van der Waals surface area contributed by atoms with Gasteiger partial charge in [0.2, 0.25) is 0 Å². The summed E-state index contributed by atoms with van der Waals surface area (Å²) in [5.41, 5.74) is 0.384. The molecule has 1 aliphatic carbocycles. The molecule has 1 aliphatic rings. The first-order valence-electron chi connectivity index (χ1n) is 7.25. The fourth-order valence-electron chi connectivity index (χ4n) is 2.72. The summed E-state index contributed by atoms with van der Waals surface area (Å²) in [6.45, 7) is 11.0. The van der Waals surface area contributed by atoms with Crippen LogP contribution in [-0.4, -0.2) is 37.6 Å². The van der Waals surface area contributed by atoms with E-state index < -0.39 is 0 Å². The number of rotatable bonds is 6. The minimum absolute atomic E-state index is 0.0892. The van der Waals surface area contributed by atoms with Gasteiger partial charge in [-0.3, -0.25) is 0 Å². The lowest BCUT2D eigenvalue weighted by Gasteiger charge is -2.40. The van der Waals surface area contributed by atoms with E-state index >= 15 is 0 Å². The molecular weight excluding hydrogens is 228 g/mol. The molecule has 0 amide bonds. The Kier molecular flexibility index (Phi) is 6.61. The summed E-state index contributed by atoms with van der Waals surface area (Å²) in [7, 11) is 0. The number of aliphatic hydroxyl groups is 1. The van der Waals surface area contributed by atoms with Crippen LogP contribution in [0.1, 0.15) is 47.0 Å². The van der Waals surface area contributed by atoms with Crippen LogP contribution in [0.25, 0.3) is 0 Å². The minimum atomic E-state index is 0.0892. The van der Waals surface area contributed by atoms with Gasteiger partial charge in [0.1, 0.15) is 0 Å². The first-order chi connectivity index (χ1) is 8.45. The van der Waals surface area contributed by atoms with Crippen molar-refractivity contribution in [1.29, 1.82) is 0 Å². The summed E-state index contributed by atoms with van der Waals surface area (Å²) in [6, 6.07) is 0. The first-order valence-corrected chi connectivity index (χ1v) is 7.25. The first kappa shape index (κ1) is 15.9. The number of hydrogen-bond donors (Lipinski definition) is 1. The molecule has 0 aromatic rings. The van der Waals surface area contributed by atoms with Gasteiger partial charge in [-0.25, -0.2) is 0 Å². The molecule has 1 rings (SSSR count). The summed E-state index contributed by atoms with van der Waals surface area (Å²) in [5.74, 6) is 1.42. The molecule has 0 aliphatic heterocycles. The molecule has 3 unspecified atom stereocenters. The molecule has 108 valence electrons. The van der Waals surface area contributed by atoms with Gasteiger partial charge in [0.15, 0.2) is 0 Å². The Morgan fingerprint density at radius 2 is 1.83 bits per heavy atom. The zero-order valence-electron chi connectivity index (χ0n) is 12.4. The lowest BCUT2D eigenvalue weighted by Crippen LogP contribution is -2.36. The Hall–Kier alpha value is -0.120. The smallest absolute Gasteiger partial charge is 0.0704 e. The summed E-state index contributed by atoms with van der Waals surface area (Å²) in [5, 5.41) is 8.61. The average Bonchev–Trinajstić information content (AvgIpc) is 2.29. The Morgan fingerprint density at radius 3 is 2.44 bits per heavy atom. The van der Waals surface area contributed by atoms with Crippen LogP contribution in [0.5, 0.6) is 0 Å². The quantitative estimate of drug-likeness (QED) is 0.745. The second-order valence-corrected chi connectivity index (χ2v) is 6.60. The highest BCUT2D eigenvalue weighted by Gasteiger charge is 2.34. The van der Waals surface area contributed by atoms with E-state index in [1.807, 2.05) is 0 Å². The molecule has 1 fully saturated rings. The lowest BCUT2D eigenvalue weighted by atomic mass is 9.69. The molecule has 3 heteroatoms. The molecule has 1 saturated carbocycles. The molecule has 0 aromatic carbocycles. The Labute approximate surface area is 112 Å². The average molecular weight is 258 g/mol. The fourth-order valence-corrected chi connectivity index (χ4v) is 2.72. The molecular formula is C15H30O3. The molecule has 0 spiro atoms. The molecule has 1 N–H and O–H groups in total. The van der Waals surface area contributed by atoms with Crippen LogP contribution in [0.3, 0.4) is 0 Å². The van der Waals surface area contributed by atoms with Crippen LogP contribution in [-0.2, 0) is 9.47 Å². The van der Waals surface area contributed by atoms with Gasteiger partial charge in [0.05, 0.1) is 32.5 Å². The molecule has 0 aromatic heterocycles. The van der Waals surface area contributed by atoms with Crippen LogP contribution < -0.4 is 0 Å². The molecule has 0 saturated heterocycles. The molecule has 0 bridgehead atoms. The third-order valence-corrected chi connectivity index (χ3v) is 4.14. The van der Waals surface area contributed by atoms with Gasteiger partial charge in [-0.05, 0) is 36.5 Å². The molecule has 0 heterocycles. The second kappa shape index (κ2) is 7.46. The van der Waals surface area contributed by atoms with E-state index in [2.05, 4.69) is 27.7 Å². The third-order valence-electron chi connectivity index (χ3n) is 4.14. The number of ether oxygens (including phenoxy) is 2. The molecule has 0 radical (unpaired) electrons. The highest BCUT2D eigenvalue weighted by atomic mass is 16.5. The summed E-state index contributed by atoms with van der Waals surface area (Å²) >= 11 is 0. The lowest BCUT2D eigenvalue weighted by molar-refractivity contribution is -0.0588. The normalized spacial score (nSPS) is 29.5. The van der Waals surface area contributed by atoms with Crippen LogP contribution in [0.15, 0.2) is 0 Å². The van der Waals surface area contributed by atoms with Gasteiger partial charge in [-0.1, -0.05) is 27.7 Å². The van der Waals surface area contributed by atoms with Crippen molar-refractivity contribution in [3.63, 3.8) is 0 Å². The maximum atomic E-state index is 8.61. The van der Waals surface area contributed by atoms with E-state index in [1.54, 1.807) is 0 Å². The van der Waals surface area contributed by atoms with Crippen molar-refractivity contribution in [2.45, 2.75) is 53.1 Å². The summed E-state index contributed by atoms with van der Waals surface area (Å²) < 4.78 is 11.2. The Bertz CT molecular complexity index is 222. The Morgan fingerprint density at radius 1 is 1.11 bits per heavy atom. The highest BCUT2D eigenvalue weighted by molar-refractivity contribution is 4.84. The number of aliphatic hydroxyl groups excluding tert-OH is 1. The van der Waals surface area contributed by atoms with Crippen LogP contribution in [0, 0.1) is 17.3 Å². The largest absolute Gasteiger partial charge is 0.394 e. The third kappa shape index (κ3) is 5.25. The van der Waals surface area contributed by atoms with Crippen molar-refractivity contribution in [2.75, 3.05) is 26.4 Å². The number of hydrogen-bond acceptors (Lipinski definition) is 3. The van der Waals surface area contributed by atoms with Gasteiger partial charge in [0, 0.05) is 0 Å². The van der Waals surface area contributed by atoms with Crippen LogP contribution in [0.4, 0.5) is 0 Å². The molecule has 3 nitrogen and oxygen atoms in total. The van der Waals surface area contributed by atoms with Crippen LogP contribution in [0.2, 0.25) is 0 Å². The summed E-state index contributed by atoms with van der Waals surface area (Å²) in [4.78, 5) is 0. The zero-order valence-corrected chi connectivity index (χ0v) is 12.4.